The van der Waals surface area contributed by atoms with Gasteiger partial charge < -0.3 is 10.0 Å². The first-order chi connectivity index (χ1) is 12.0. The Morgan fingerprint density at radius 3 is 2.56 bits per heavy atom. The summed E-state index contributed by atoms with van der Waals surface area (Å²) in [6.45, 7) is 0.493. The summed E-state index contributed by atoms with van der Waals surface area (Å²) >= 11 is 0. The first kappa shape index (κ1) is 17.2. The molecule has 0 fully saturated rings. The van der Waals surface area contributed by atoms with E-state index in [-0.39, 0.29) is 11.5 Å². The summed E-state index contributed by atoms with van der Waals surface area (Å²) in [5, 5.41) is 8.94. The lowest BCUT2D eigenvalue weighted by atomic mass is 9.81. The number of aromatic carboxylic acids is 1. The molecule has 2 aromatic carbocycles. The van der Waals surface area contributed by atoms with Crippen LogP contribution < -0.4 is 0 Å². The van der Waals surface area contributed by atoms with E-state index in [1.807, 2.05) is 7.05 Å². The summed E-state index contributed by atoms with van der Waals surface area (Å²) in [6, 6.07) is 15.1. The molecule has 1 N–H and O–H groups in total. The van der Waals surface area contributed by atoms with E-state index in [0.29, 0.717) is 18.9 Å². The lowest BCUT2D eigenvalue weighted by Crippen LogP contribution is -2.28. The van der Waals surface area contributed by atoms with Crippen molar-refractivity contribution >= 4 is 11.9 Å². The predicted octanol–water partition coefficient (Wildman–Crippen LogP) is 3.85. The molecule has 4 heteroatoms. The highest BCUT2D eigenvalue weighted by molar-refractivity contribution is 5.87. The highest BCUT2D eigenvalue weighted by atomic mass is 16.4. The number of fused-ring (bicyclic) bond motifs is 1. The van der Waals surface area contributed by atoms with Gasteiger partial charge in [0.05, 0.1) is 5.56 Å². The Kier molecular flexibility index (Phi) is 5.17. The Balaban J connectivity index is 1.62. The van der Waals surface area contributed by atoms with E-state index in [2.05, 4.69) is 24.3 Å². The lowest BCUT2D eigenvalue weighted by Gasteiger charge is -2.27. The van der Waals surface area contributed by atoms with Crippen molar-refractivity contribution in [1.82, 2.24) is 4.90 Å². The standard InChI is InChI=1S/C21H23NO3/c1-22(14-15-9-11-17(12-10-15)21(24)25)20(23)13-18-7-4-6-16-5-2-3-8-19(16)18/h2-3,5,8-12,18H,4,6-7,13-14H2,1H3,(H,24,25). The van der Waals surface area contributed by atoms with Crippen LogP contribution in [0, 0.1) is 0 Å². The summed E-state index contributed by atoms with van der Waals surface area (Å²) in [6.07, 6.45) is 3.83. The van der Waals surface area contributed by atoms with Gasteiger partial charge in [0.1, 0.15) is 0 Å². The van der Waals surface area contributed by atoms with Gasteiger partial charge >= 0.3 is 5.97 Å². The summed E-state index contributed by atoms with van der Waals surface area (Å²) < 4.78 is 0. The van der Waals surface area contributed by atoms with Crippen LogP contribution in [0.15, 0.2) is 48.5 Å². The number of nitrogens with zero attached hydrogens (tertiary/aromatic N) is 1. The monoisotopic (exact) mass is 337 g/mol. The van der Waals surface area contributed by atoms with Gasteiger partial charge in [0.15, 0.2) is 0 Å². The molecule has 4 nitrogen and oxygen atoms in total. The summed E-state index contributed by atoms with van der Waals surface area (Å²) in [7, 11) is 1.81. The number of carbonyl (C=O) groups excluding carboxylic acids is 1. The van der Waals surface area contributed by atoms with Crippen molar-refractivity contribution in [2.24, 2.45) is 0 Å². The van der Waals surface area contributed by atoms with Crippen LogP contribution >= 0.6 is 0 Å². The fourth-order valence-corrected chi connectivity index (χ4v) is 3.55. The zero-order valence-corrected chi connectivity index (χ0v) is 14.4. The molecule has 0 bridgehead atoms. The highest BCUT2D eigenvalue weighted by Crippen LogP contribution is 2.34. The van der Waals surface area contributed by atoms with E-state index in [1.165, 1.54) is 11.1 Å². The van der Waals surface area contributed by atoms with Gasteiger partial charge in [0.25, 0.3) is 0 Å². The molecule has 130 valence electrons. The van der Waals surface area contributed by atoms with Crippen molar-refractivity contribution in [3.8, 4) is 0 Å². The number of aryl methyl sites for hydroxylation is 1. The smallest absolute Gasteiger partial charge is 0.335 e. The van der Waals surface area contributed by atoms with Crippen molar-refractivity contribution in [3.05, 3.63) is 70.8 Å². The summed E-state index contributed by atoms with van der Waals surface area (Å²) in [5.74, 6) is -0.509. The third kappa shape index (κ3) is 4.08. The Hall–Kier alpha value is -2.62. The third-order valence-electron chi connectivity index (χ3n) is 4.96. The Labute approximate surface area is 148 Å². The van der Waals surface area contributed by atoms with Crippen molar-refractivity contribution in [2.45, 2.75) is 38.1 Å². The molecule has 0 radical (unpaired) electrons. The second kappa shape index (κ2) is 7.51. The van der Waals surface area contributed by atoms with Crippen molar-refractivity contribution in [3.63, 3.8) is 0 Å². The van der Waals surface area contributed by atoms with Crippen molar-refractivity contribution < 1.29 is 14.7 Å². The molecule has 0 spiro atoms. The quantitative estimate of drug-likeness (QED) is 0.901. The van der Waals surface area contributed by atoms with Crippen LogP contribution in [0.25, 0.3) is 0 Å². The number of hydrogen-bond donors (Lipinski definition) is 1. The van der Waals surface area contributed by atoms with E-state index in [0.717, 1.165) is 24.8 Å². The molecular weight excluding hydrogens is 314 g/mol. The van der Waals surface area contributed by atoms with Gasteiger partial charge in [0, 0.05) is 20.0 Å². The second-order valence-electron chi connectivity index (χ2n) is 6.74. The number of carboxylic acids is 1. The van der Waals surface area contributed by atoms with Crippen LogP contribution in [-0.4, -0.2) is 28.9 Å². The van der Waals surface area contributed by atoms with Crippen LogP contribution in [0.4, 0.5) is 0 Å². The molecule has 1 atom stereocenters. The van der Waals surface area contributed by atoms with E-state index >= 15 is 0 Å². The molecule has 1 aliphatic carbocycles. The normalized spacial score (nSPS) is 16.1. The number of amides is 1. The number of hydrogen-bond acceptors (Lipinski definition) is 2. The molecule has 0 saturated carbocycles. The molecular formula is C21H23NO3. The largest absolute Gasteiger partial charge is 0.478 e. The second-order valence-corrected chi connectivity index (χ2v) is 6.74. The maximum Gasteiger partial charge on any atom is 0.335 e. The zero-order valence-electron chi connectivity index (χ0n) is 14.4. The van der Waals surface area contributed by atoms with Crippen LogP contribution in [0.5, 0.6) is 0 Å². The van der Waals surface area contributed by atoms with Gasteiger partial charge in [-0.3, -0.25) is 4.79 Å². The van der Waals surface area contributed by atoms with Crippen LogP contribution in [0.1, 0.15) is 52.2 Å². The van der Waals surface area contributed by atoms with Crippen molar-refractivity contribution in [2.75, 3.05) is 7.05 Å². The third-order valence-corrected chi connectivity index (χ3v) is 4.96. The highest BCUT2D eigenvalue weighted by Gasteiger charge is 2.23. The Morgan fingerprint density at radius 2 is 1.84 bits per heavy atom. The number of rotatable bonds is 5. The Bertz CT molecular complexity index is 767. The van der Waals surface area contributed by atoms with E-state index < -0.39 is 5.97 Å². The molecule has 1 aliphatic rings. The maximum atomic E-state index is 12.6. The van der Waals surface area contributed by atoms with Crippen LogP contribution in [0.2, 0.25) is 0 Å². The van der Waals surface area contributed by atoms with E-state index in [9.17, 15) is 9.59 Å². The Morgan fingerprint density at radius 1 is 1.12 bits per heavy atom. The molecule has 0 aliphatic heterocycles. The van der Waals surface area contributed by atoms with Gasteiger partial charge in [-0.1, -0.05) is 36.4 Å². The molecule has 0 aromatic heterocycles. The molecule has 0 heterocycles. The average Bonchev–Trinajstić information content (AvgIpc) is 2.62. The minimum atomic E-state index is -0.938. The first-order valence-electron chi connectivity index (χ1n) is 8.68. The van der Waals surface area contributed by atoms with Gasteiger partial charge in [-0.25, -0.2) is 4.79 Å². The number of carbonyl (C=O) groups is 2. The molecule has 2 aromatic rings. The minimum absolute atomic E-state index is 0.129. The van der Waals surface area contributed by atoms with Crippen LogP contribution in [0.3, 0.4) is 0 Å². The number of carboxylic acid groups (broad SMARTS) is 1. The molecule has 25 heavy (non-hydrogen) atoms. The topological polar surface area (TPSA) is 57.6 Å². The molecule has 0 saturated heterocycles. The molecule has 3 rings (SSSR count). The van der Waals surface area contributed by atoms with Gasteiger partial charge in [-0.2, -0.15) is 0 Å². The molecule has 1 amide bonds. The van der Waals surface area contributed by atoms with Gasteiger partial charge in [-0.05, 0) is 54.0 Å². The lowest BCUT2D eigenvalue weighted by molar-refractivity contribution is -0.130. The fourth-order valence-electron chi connectivity index (χ4n) is 3.55. The fraction of sp³-hybridized carbons (Fsp3) is 0.333. The van der Waals surface area contributed by atoms with Crippen LogP contribution in [-0.2, 0) is 17.8 Å². The SMILES string of the molecule is CN(Cc1ccc(C(=O)O)cc1)C(=O)CC1CCCc2ccccc21. The van der Waals surface area contributed by atoms with E-state index in [1.54, 1.807) is 29.2 Å². The predicted molar refractivity (Wildman–Crippen MR) is 96.6 cm³/mol. The number of benzene rings is 2. The summed E-state index contributed by atoms with van der Waals surface area (Å²) in [5.41, 5.74) is 3.89. The first-order valence-corrected chi connectivity index (χ1v) is 8.68. The van der Waals surface area contributed by atoms with Crippen molar-refractivity contribution in [1.29, 1.82) is 0 Å². The minimum Gasteiger partial charge on any atom is -0.478 e. The van der Waals surface area contributed by atoms with Gasteiger partial charge in [-0.15, -0.1) is 0 Å². The van der Waals surface area contributed by atoms with Gasteiger partial charge in [0.2, 0.25) is 5.91 Å². The zero-order chi connectivity index (χ0) is 17.8. The molecule has 1 unspecified atom stereocenters. The average molecular weight is 337 g/mol. The summed E-state index contributed by atoms with van der Waals surface area (Å²) in [4.78, 5) is 25.3. The maximum absolute atomic E-state index is 12.6. The van der Waals surface area contributed by atoms with E-state index in [4.69, 9.17) is 5.11 Å².